The Balaban J connectivity index is 1.83. The smallest absolute Gasteiger partial charge is 0.307 e. The van der Waals surface area contributed by atoms with Crippen molar-refractivity contribution in [3.63, 3.8) is 0 Å². The Morgan fingerprint density at radius 2 is 2.11 bits per heavy atom. The van der Waals surface area contributed by atoms with Gasteiger partial charge in [-0.15, -0.1) is 0 Å². The summed E-state index contributed by atoms with van der Waals surface area (Å²) in [5.74, 6) is 0.677. The first-order valence-corrected chi connectivity index (χ1v) is 6.41. The third-order valence-electron chi connectivity index (χ3n) is 3.09. The second kappa shape index (κ2) is 6.19. The van der Waals surface area contributed by atoms with E-state index in [2.05, 4.69) is 22.8 Å². The SMILES string of the molecule is CC1CCC/C(=N/NC(=O)Nc2ccccc2)C1. The standard InChI is InChI=1S/C14H19N3O/c1-11-6-5-9-13(10-11)16-17-14(18)15-12-7-3-2-4-8-12/h2-4,7-8,11H,5-6,9-10H2,1H3,(H2,15,17,18)/b16-13-. The maximum atomic E-state index is 11.6. The lowest BCUT2D eigenvalue weighted by Crippen LogP contribution is -2.26. The third-order valence-corrected chi connectivity index (χ3v) is 3.09. The molecule has 1 aromatic rings. The van der Waals surface area contributed by atoms with Gasteiger partial charge in [0.1, 0.15) is 0 Å². The lowest BCUT2D eigenvalue weighted by molar-refractivity contribution is 0.252. The Morgan fingerprint density at radius 1 is 1.33 bits per heavy atom. The third kappa shape index (κ3) is 3.87. The minimum atomic E-state index is -0.285. The number of amides is 2. The van der Waals surface area contributed by atoms with Crippen LogP contribution in [0.2, 0.25) is 0 Å². The largest absolute Gasteiger partial charge is 0.339 e. The van der Waals surface area contributed by atoms with Crippen LogP contribution in [0.15, 0.2) is 35.4 Å². The number of hydrazone groups is 1. The number of urea groups is 1. The maximum Gasteiger partial charge on any atom is 0.339 e. The summed E-state index contributed by atoms with van der Waals surface area (Å²) in [6.07, 6.45) is 4.42. The van der Waals surface area contributed by atoms with Gasteiger partial charge < -0.3 is 5.32 Å². The van der Waals surface area contributed by atoms with Crippen LogP contribution in [0, 0.1) is 5.92 Å². The molecule has 1 unspecified atom stereocenters. The first-order chi connectivity index (χ1) is 8.74. The van der Waals surface area contributed by atoms with E-state index in [-0.39, 0.29) is 6.03 Å². The van der Waals surface area contributed by atoms with Crippen LogP contribution in [0.1, 0.15) is 32.6 Å². The summed E-state index contributed by atoms with van der Waals surface area (Å²) in [6.45, 7) is 2.22. The quantitative estimate of drug-likeness (QED) is 0.771. The van der Waals surface area contributed by atoms with Crippen molar-refractivity contribution >= 4 is 17.4 Å². The number of para-hydroxylation sites is 1. The van der Waals surface area contributed by atoms with E-state index in [0.717, 1.165) is 24.2 Å². The van der Waals surface area contributed by atoms with Gasteiger partial charge >= 0.3 is 6.03 Å². The van der Waals surface area contributed by atoms with E-state index in [0.29, 0.717) is 5.92 Å². The monoisotopic (exact) mass is 245 g/mol. The zero-order chi connectivity index (χ0) is 12.8. The molecule has 0 saturated heterocycles. The number of benzene rings is 1. The highest BCUT2D eigenvalue weighted by molar-refractivity contribution is 5.91. The topological polar surface area (TPSA) is 53.5 Å². The van der Waals surface area contributed by atoms with Crippen molar-refractivity contribution in [3.05, 3.63) is 30.3 Å². The molecule has 1 aliphatic carbocycles. The summed E-state index contributed by atoms with van der Waals surface area (Å²) >= 11 is 0. The summed E-state index contributed by atoms with van der Waals surface area (Å²) in [7, 11) is 0. The van der Waals surface area contributed by atoms with Gasteiger partial charge in [0.05, 0.1) is 0 Å². The number of carbonyl (C=O) groups is 1. The van der Waals surface area contributed by atoms with E-state index in [1.54, 1.807) is 0 Å². The second-order valence-electron chi connectivity index (χ2n) is 4.81. The van der Waals surface area contributed by atoms with Crippen LogP contribution in [0.25, 0.3) is 0 Å². The average Bonchev–Trinajstić information content (AvgIpc) is 2.38. The molecule has 96 valence electrons. The number of hydrogen-bond acceptors (Lipinski definition) is 2. The number of nitrogens with one attached hydrogen (secondary N) is 2. The number of anilines is 1. The summed E-state index contributed by atoms with van der Waals surface area (Å²) in [4.78, 5) is 11.6. The van der Waals surface area contributed by atoms with Crippen molar-refractivity contribution < 1.29 is 4.79 Å². The fourth-order valence-electron chi connectivity index (χ4n) is 2.17. The molecule has 18 heavy (non-hydrogen) atoms. The van der Waals surface area contributed by atoms with E-state index in [4.69, 9.17) is 0 Å². The molecule has 0 bridgehead atoms. The zero-order valence-corrected chi connectivity index (χ0v) is 10.6. The van der Waals surface area contributed by atoms with Gasteiger partial charge in [-0.05, 0) is 43.7 Å². The molecule has 2 rings (SSSR count). The molecule has 0 aliphatic heterocycles. The molecule has 1 aromatic carbocycles. The molecule has 1 atom stereocenters. The van der Waals surface area contributed by atoms with E-state index < -0.39 is 0 Å². The lowest BCUT2D eigenvalue weighted by atomic mass is 9.89. The van der Waals surface area contributed by atoms with E-state index in [1.807, 2.05) is 30.3 Å². The molecule has 0 radical (unpaired) electrons. The van der Waals surface area contributed by atoms with Crippen molar-refractivity contribution in [2.24, 2.45) is 11.0 Å². The molecule has 1 aliphatic rings. The molecule has 0 aromatic heterocycles. The van der Waals surface area contributed by atoms with Crippen LogP contribution in [0.4, 0.5) is 10.5 Å². The number of rotatable bonds is 2. The van der Waals surface area contributed by atoms with Gasteiger partial charge in [0, 0.05) is 11.4 Å². The van der Waals surface area contributed by atoms with Crippen LogP contribution >= 0.6 is 0 Å². The van der Waals surface area contributed by atoms with Gasteiger partial charge in [-0.1, -0.05) is 25.1 Å². The van der Waals surface area contributed by atoms with Crippen LogP contribution < -0.4 is 10.7 Å². The summed E-state index contributed by atoms with van der Waals surface area (Å²) in [5, 5.41) is 6.92. The maximum absolute atomic E-state index is 11.6. The van der Waals surface area contributed by atoms with Crippen LogP contribution in [0.3, 0.4) is 0 Å². The highest BCUT2D eigenvalue weighted by atomic mass is 16.2. The van der Waals surface area contributed by atoms with Gasteiger partial charge in [-0.3, -0.25) is 0 Å². The van der Waals surface area contributed by atoms with Gasteiger partial charge in [-0.25, -0.2) is 10.2 Å². The zero-order valence-electron chi connectivity index (χ0n) is 10.6. The normalized spacial score (nSPS) is 21.6. The predicted octanol–water partition coefficient (Wildman–Crippen LogP) is 3.37. The molecule has 0 spiro atoms. The highest BCUT2D eigenvalue weighted by Crippen LogP contribution is 2.20. The lowest BCUT2D eigenvalue weighted by Gasteiger charge is -2.18. The summed E-state index contributed by atoms with van der Waals surface area (Å²) in [6, 6.07) is 9.07. The van der Waals surface area contributed by atoms with Crippen molar-refractivity contribution in [3.8, 4) is 0 Å². The Labute approximate surface area is 107 Å². The van der Waals surface area contributed by atoms with Crippen molar-refractivity contribution in [1.29, 1.82) is 0 Å². The number of hydrogen-bond donors (Lipinski definition) is 2. The summed E-state index contributed by atoms with van der Waals surface area (Å²) in [5.41, 5.74) is 4.42. The first-order valence-electron chi connectivity index (χ1n) is 6.41. The Hall–Kier alpha value is -1.84. The number of carbonyl (C=O) groups excluding carboxylic acids is 1. The van der Waals surface area contributed by atoms with Crippen LogP contribution in [-0.4, -0.2) is 11.7 Å². The molecule has 2 amide bonds. The molecular formula is C14H19N3O. The fourth-order valence-corrected chi connectivity index (χ4v) is 2.17. The van der Waals surface area contributed by atoms with Crippen LogP contribution in [0.5, 0.6) is 0 Å². The predicted molar refractivity (Wildman–Crippen MR) is 73.7 cm³/mol. The molecule has 4 heteroatoms. The Bertz CT molecular complexity index is 428. The molecule has 1 fully saturated rings. The molecule has 0 heterocycles. The molecule has 2 N–H and O–H groups in total. The van der Waals surface area contributed by atoms with E-state index >= 15 is 0 Å². The van der Waals surface area contributed by atoms with Gasteiger partial charge in [0.15, 0.2) is 0 Å². The van der Waals surface area contributed by atoms with Crippen LogP contribution in [-0.2, 0) is 0 Å². The molecule has 4 nitrogen and oxygen atoms in total. The molecular weight excluding hydrogens is 226 g/mol. The minimum Gasteiger partial charge on any atom is -0.307 e. The average molecular weight is 245 g/mol. The van der Waals surface area contributed by atoms with Crippen molar-refractivity contribution in [2.75, 3.05) is 5.32 Å². The van der Waals surface area contributed by atoms with Gasteiger partial charge in [0.2, 0.25) is 0 Å². The Kier molecular flexibility index (Phi) is 4.34. The van der Waals surface area contributed by atoms with Crippen molar-refractivity contribution in [2.45, 2.75) is 32.6 Å². The van der Waals surface area contributed by atoms with Gasteiger partial charge in [-0.2, -0.15) is 5.10 Å². The molecule has 1 saturated carbocycles. The fraction of sp³-hybridized carbons (Fsp3) is 0.429. The van der Waals surface area contributed by atoms with E-state index in [1.165, 1.54) is 12.8 Å². The Morgan fingerprint density at radius 3 is 2.83 bits per heavy atom. The van der Waals surface area contributed by atoms with E-state index in [9.17, 15) is 4.79 Å². The number of nitrogens with zero attached hydrogens (tertiary/aromatic N) is 1. The van der Waals surface area contributed by atoms with Gasteiger partial charge in [0.25, 0.3) is 0 Å². The highest BCUT2D eigenvalue weighted by Gasteiger charge is 2.14. The summed E-state index contributed by atoms with van der Waals surface area (Å²) < 4.78 is 0. The minimum absolute atomic E-state index is 0.285. The van der Waals surface area contributed by atoms with Crippen molar-refractivity contribution in [1.82, 2.24) is 5.43 Å². The second-order valence-corrected chi connectivity index (χ2v) is 4.81. The first kappa shape index (κ1) is 12.6.